The number of amides is 1. The molecule has 9 nitrogen and oxygen atoms in total. The summed E-state index contributed by atoms with van der Waals surface area (Å²) < 4.78 is 42.2. The van der Waals surface area contributed by atoms with Gasteiger partial charge in [0.1, 0.15) is 11.6 Å². The van der Waals surface area contributed by atoms with Crippen LogP contribution in [0.1, 0.15) is 35.4 Å². The van der Waals surface area contributed by atoms with E-state index in [0.717, 1.165) is 38.1 Å². The summed E-state index contributed by atoms with van der Waals surface area (Å²) in [5, 5.41) is 11.1. The number of sulfonamides is 1. The zero-order valence-electron chi connectivity index (χ0n) is 18.3. The number of carbonyl (C=O) groups is 1. The van der Waals surface area contributed by atoms with Crippen molar-refractivity contribution < 1.29 is 22.4 Å². The Balaban J connectivity index is 1.61. The third kappa shape index (κ3) is 4.65. The van der Waals surface area contributed by atoms with Crippen LogP contribution in [0.15, 0.2) is 47.4 Å². The SMILES string of the molecule is CON(C)S(=O)(=O)c1cccc(C(=O)Nc2cc(-c3nnc4n3CCCCC4)ccc2F)c1. The molecule has 0 unspecified atom stereocenters. The summed E-state index contributed by atoms with van der Waals surface area (Å²) in [6.07, 6.45) is 4.02. The van der Waals surface area contributed by atoms with Crippen molar-refractivity contribution >= 4 is 21.6 Å². The Morgan fingerprint density at radius 3 is 2.76 bits per heavy atom. The first-order valence-electron chi connectivity index (χ1n) is 10.5. The van der Waals surface area contributed by atoms with E-state index in [4.69, 9.17) is 4.84 Å². The molecule has 11 heteroatoms. The molecule has 1 aliphatic heterocycles. The van der Waals surface area contributed by atoms with E-state index in [1.165, 1.54) is 50.6 Å². The van der Waals surface area contributed by atoms with E-state index in [0.29, 0.717) is 15.9 Å². The first-order valence-corrected chi connectivity index (χ1v) is 11.9. The number of anilines is 1. The Hall–Kier alpha value is -3.15. The number of halogens is 1. The van der Waals surface area contributed by atoms with Crippen LogP contribution in [0.2, 0.25) is 0 Å². The number of hydrogen-bond donors (Lipinski definition) is 1. The second-order valence-corrected chi connectivity index (χ2v) is 9.61. The monoisotopic (exact) mass is 473 g/mol. The van der Waals surface area contributed by atoms with Gasteiger partial charge in [-0.05, 0) is 49.2 Å². The van der Waals surface area contributed by atoms with Gasteiger partial charge in [0, 0.05) is 31.1 Å². The van der Waals surface area contributed by atoms with Gasteiger partial charge in [-0.1, -0.05) is 17.0 Å². The number of aromatic nitrogens is 3. The van der Waals surface area contributed by atoms with Crippen LogP contribution in [-0.4, -0.2) is 47.7 Å². The minimum atomic E-state index is -3.94. The minimum absolute atomic E-state index is 0.0364. The molecular formula is C22H24FN5O4S. The molecule has 1 amide bonds. The van der Waals surface area contributed by atoms with Gasteiger partial charge in [0.25, 0.3) is 15.9 Å². The lowest BCUT2D eigenvalue weighted by molar-refractivity contribution is -0.0258. The van der Waals surface area contributed by atoms with E-state index < -0.39 is 21.7 Å². The normalized spacial score (nSPS) is 14.1. The molecule has 0 aliphatic carbocycles. The topological polar surface area (TPSA) is 106 Å². The smallest absolute Gasteiger partial charge is 0.264 e. The van der Waals surface area contributed by atoms with Crippen molar-refractivity contribution in [1.82, 2.24) is 19.2 Å². The zero-order valence-corrected chi connectivity index (χ0v) is 19.1. The average Bonchev–Trinajstić information content (AvgIpc) is 3.07. The van der Waals surface area contributed by atoms with Gasteiger partial charge in [0.05, 0.1) is 17.7 Å². The van der Waals surface area contributed by atoms with Gasteiger partial charge in [0.2, 0.25) is 0 Å². The minimum Gasteiger partial charge on any atom is -0.319 e. The predicted octanol–water partition coefficient (Wildman–Crippen LogP) is 3.24. The Bertz CT molecular complexity index is 1290. The van der Waals surface area contributed by atoms with Crippen LogP contribution >= 0.6 is 0 Å². The van der Waals surface area contributed by atoms with Crippen LogP contribution in [-0.2, 0) is 27.8 Å². The highest BCUT2D eigenvalue weighted by Gasteiger charge is 2.23. The molecule has 1 N–H and O–H groups in total. The van der Waals surface area contributed by atoms with Crippen LogP contribution in [0, 0.1) is 5.82 Å². The molecule has 0 saturated heterocycles. The number of aryl methyl sites for hydroxylation is 1. The summed E-state index contributed by atoms with van der Waals surface area (Å²) in [7, 11) is -1.47. The number of fused-ring (bicyclic) bond motifs is 1. The summed E-state index contributed by atoms with van der Waals surface area (Å²) in [5.41, 5.74) is 0.651. The van der Waals surface area contributed by atoms with Crippen molar-refractivity contribution in [3.05, 3.63) is 59.7 Å². The molecule has 0 radical (unpaired) electrons. The van der Waals surface area contributed by atoms with Crippen LogP contribution in [0.4, 0.5) is 10.1 Å². The van der Waals surface area contributed by atoms with E-state index in [1.807, 2.05) is 4.57 Å². The molecule has 2 heterocycles. The van der Waals surface area contributed by atoms with Crippen LogP contribution in [0.25, 0.3) is 11.4 Å². The maximum atomic E-state index is 14.5. The molecule has 1 aromatic heterocycles. The zero-order chi connectivity index (χ0) is 23.6. The predicted molar refractivity (Wildman–Crippen MR) is 119 cm³/mol. The first kappa shape index (κ1) is 23.0. The summed E-state index contributed by atoms with van der Waals surface area (Å²) in [6.45, 7) is 0.786. The summed E-state index contributed by atoms with van der Waals surface area (Å²) in [4.78, 5) is 17.4. The van der Waals surface area contributed by atoms with Crippen LogP contribution < -0.4 is 5.32 Å². The summed E-state index contributed by atoms with van der Waals surface area (Å²) in [5.74, 6) is 0.253. The molecule has 33 heavy (non-hydrogen) atoms. The lowest BCUT2D eigenvalue weighted by Gasteiger charge is -2.15. The molecule has 0 spiro atoms. The largest absolute Gasteiger partial charge is 0.319 e. The molecule has 3 aromatic rings. The van der Waals surface area contributed by atoms with Gasteiger partial charge in [0.15, 0.2) is 5.82 Å². The molecule has 0 saturated carbocycles. The van der Waals surface area contributed by atoms with E-state index in [-0.39, 0.29) is 16.1 Å². The Kier molecular flexibility index (Phi) is 6.54. The van der Waals surface area contributed by atoms with Crippen LogP contribution in [0.5, 0.6) is 0 Å². The van der Waals surface area contributed by atoms with E-state index in [9.17, 15) is 17.6 Å². The number of benzene rings is 2. The lowest BCUT2D eigenvalue weighted by Crippen LogP contribution is -2.26. The van der Waals surface area contributed by atoms with Crippen LogP contribution in [0.3, 0.4) is 0 Å². The highest BCUT2D eigenvalue weighted by atomic mass is 32.2. The second-order valence-electron chi connectivity index (χ2n) is 7.68. The summed E-state index contributed by atoms with van der Waals surface area (Å²) in [6, 6.07) is 9.80. The van der Waals surface area contributed by atoms with Gasteiger partial charge in [-0.3, -0.25) is 9.63 Å². The van der Waals surface area contributed by atoms with Crippen molar-refractivity contribution in [3.8, 4) is 11.4 Å². The quantitative estimate of drug-likeness (QED) is 0.551. The van der Waals surface area contributed by atoms with E-state index in [2.05, 4.69) is 15.5 Å². The molecule has 1 aliphatic rings. The molecule has 0 atom stereocenters. The third-order valence-electron chi connectivity index (χ3n) is 5.57. The highest BCUT2D eigenvalue weighted by Crippen LogP contribution is 2.27. The molecule has 174 valence electrons. The Morgan fingerprint density at radius 2 is 1.97 bits per heavy atom. The number of nitrogens with one attached hydrogen (secondary N) is 1. The lowest BCUT2D eigenvalue weighted by atomic mass is 10.1. The van der Waals surface area contributed by atoms with Crippen molar-refractivity contribution in [2.75, 3.05) is 19.5 Å². The maximum Gasteiger partial charge on any atom is 0.264 e. The van der Waals surface area contributed by atoms with Gasteiger partial charge in [-0.2, -0.15) is 0 Å². The van der Waals surface area contributed by atoms with E-state index in [1.54, 1.807) is 6.07 Å². The average molecular weight is 474 g/mol. The second kappa shape index (κ2) is 9.38. The molecule has 0 bridgehead atoms. The van der Waals surface area contributed by atoms with Crippen molar-refractivity contribution in [3.63, 3.8) is 0 Å². The maximum absolute atomic E-state index is 14.5. The highest BCUT2D eigenvalue weighted by molar-refractivity contribution is 7.89. The number of carbonyl (C=O) groups excluding carboxylic acids is 1. The fraction of sp³-hybridized carbons (Fsp3) is 0.318. The van der Waals surface area contributed by atoms with Crippen molar-refractivity contribution in [1.29, 1.82) is 0 Å². The number of nitrogens with zero attached hydrogens (tertiary/aromatic N) is 4. The number of rotatable bonds is 6. The van der Waals surface area contributed by atoms with Crippen molar-refractivity contribution in [2.24, 2.45) is 0 Å². The van der Waals surface area contributed by atoms with Crippen molar-refractivity contribution in [2.45, 2.75) is 37.1 Å². The van der Waals surface area contributed by atoms with Gasteiger partial charge in [-0.15, -0.1) is 10.2 Å². The molecule has 2 aromatic carbocycles. The molecule has 0 fully saturated rings. The van der Waals surface area contributed by atoms with Gasteiger partial charge < -0.3 is 9.88 Å². The summed E-state index contributed by atoms with van der Waals surface area (Å²) >= 11 is 0. The Labute approximate surface area is 191 Å². The first-order chi connectivity index (χ1) is 15.8. The third-order valence-corrected chi connectivity index (χ3v) is 7.25. The number of hydroxylamine groups is 1. The Morgan fingerprint density at radius 1 is 1.15 bits per heavy atom. The van der Waals surface area contributed by atoms with Gasteiger partial charge in [-0.25, -0.2) is 12.8 Å². The standard InChI is InChI=1S/C22H24FN5O4S/c1-27(32-2)33(30,31)17-8-6-7-16(13-17)22(29)24-19-14-15(10-11-18(19)23)21-26-25-20-9-4-3-5-12-28(20)21/h6-8,10-11,13-14H,3-5,9,12H2,1-2H3,(H,24,29). The molecular weight excluding hydrogens is 449 g/mol. The fourth-order valence-corrected chi connectivity index (χ4v) is 4.72. The molecule has 4 rings (SSSR count). The number of hydrogen-bond acceptors (Lipinski definition) is 6. The fourth-order valence-electron chi connectivity index (χ4n) is 3.70. The van der Waals surface area contributed by atoms with E-state index >= 15 is 0 Å². The van der Waals surface area contributed by atoms with Gasteiger partial charge >= 0.3 is 0 Å².